The molecule has 5 nitrogen and oxygen atoms in total. The fourth-order valence-electron chi connectivity index (χ4n) is 2.11. The molecule has 2 aromatic rings. The van der Waals surface area contributed by atoms with Gasteiger partial charge in [0.25, 0.3) is 0 Å². The number of methoxy groups -OCH3 is 1. The van der Waals surface area contributed by atoms with Crippen molar-refractivity contribution >= 4 is 17.6 Å². The van der Waals surface area contributed by atoms with Crippen LogP contribution in [0.3, 0.4) is 0 Å². The molecule has 0 aliphatic rings. The van der Waals surface area contributed by atoms with E-state index in [-0.39, 0.29) is 0 Å². The van der Waals surface area contributed by atoms with Crippen LogP contribution in [0.1, 0.15) is 16.7 Å². The van der Waals surface area contributed by atoms with Crippen LogP contribution in [0.4, 0.5) is 0 Å². The van der Waals surface area contributed by atoms with Crippen LogP contribution in [0.25, 0.3) is 11.6 Å². The monoisotopic (exact) mass is 323 g/mol. The first-order valence-corrected chi connectivity index (χ1v) is 7.25. The number of allylic oxidation sites excluding steroid dienone is 1. The van der Waals surface area contributed by atoms with Crippen LogP contribution in [0.15, 0.2) is 42.5 Å². The Kier molecular flexibility index (Phi) is 5.58. The molecule has 0 aliphatic carbocycles. The van der Waals surface area contributed by atoms with Gasteiger partial charge in [0, 0.05) is 0 Å². The molecule has 0 atom stereocenters. The summed E-state index contributed by atoms with van der Waals surface area (Å²) in [4.78, 5) is 10.6. The lowest BCUT2D eigenvalue weighted by Gasteiger charge is -2.10. The molecule has 0 aromatic heterocycles. The Morgan fingerprint density at radius 1 is 1.21 bits per heavy atom. The largest absolute Gasteiger partial charge is 0.493 e. The fraction of sp³-hybridized carbons (Fsp3) is 0.158. The molecule has 5 heteroatoms. The maximum atomic E-state index is 10.6. The van der Waals surface area contributed by atoms with E-state index in [1.54, 1.807) is 24.3 Å². The third-order valence-corrected chi connectivity index (χ3v) is 3.33. The summed E-state index contributed by atoms with van der Waals surface area (Å²) in [6.07, 6.45) is 1.74. The molecule has 2 rings (SSSR count). The van der Waals surface area contributed by atoms with Crippen LogP contribution < -0.4 is 9.47 Å². The average Bonchev–Trinajstić information content (AvgIpc) is 2.59. The first kappa shape index (κ1) is 17.1. The molecular formula is C19H17NO4. The predicted octanol–water partition coefficient (Wildman–Crippen LogP) is 3.53. The van der Waals surface area contributed by atoms with Gasteiger partial charge in [0.2, 0.25) is 0 Å². The van der Waals surface area contributed by atoms with E-state index < -0.39 is 12.6 Å². The quantitative estimate of drug-likeness (QED) is 0.650. The number of carboxylic acids is 1. The average molecular weight is 323 g/mol. The summed E-state index contributed by atoms with van der Waals surface area (Å²) in [5, 5.41) is 18.1. The van der Waals surface area contributed by atoms with E-state index in [0.29, 0.717) is 17.1 Å². The summed E-state index contributed by atoms with van der Waals surface area (Å²) in [6, 6.07) is 14.9. The highest BCUT2D eigenvalue weighted by Crippen LogP contribution is 2.29. The Morgan fingerprint density at radius 3 is 2.50 bits per heavy atom. The van der Waals surface area contributed by atoms with Gasteiger partial charge in [-0.05, 0) is 36.3 Å². The zero-order valence-corrected chi connectivity index (χ0v) is 13.4. The Hall–Kier alpha value is -3.26. The number of rotatable bonds is 6. The summed E-state index contributed by atoms with van der Waals surface area (Å²) < 4.78 is 10.4. The van der Waals surface area contributed by atoms with Crippen molar-refractivity contribution in [2.24, 2.45) is 0 Å². The van der Waals surface area contributed by atoms with Crippen LogP contribution >= 0.6 is 0 Å². The standard InChI is InChI=1S/C19H17NO4/c1-13-3-6-15(7-4-13)16(11-20)9-14-5-8-17(18(10-14)23-2)24-12-19(21)22/h3-10H,12H2,1-2H3,(H,21,22)/b16-9-. The van der Waals surface area contributed by atoms with E-state index in [4.69, 9.17) is 14.6 Å². The molecule has 0 amide bonds. The highest BCUT2D eigenvalue weighted by molar-refractivity contribution is 5.89. The van der Waals surface area contributed by atoms with Crippen molar-refractivity contribution < 1.29 is 19.4 Å². The highest BCUT2D eigenvalue weighted by Gasteiger charge is 2.08. The van der Waals surface area contributed by atoms with Crippen molar-refractivity contribution in [1.29, 1.82) is 5.26 Å². The second-order valence-corrected chi connectivity index (χ2v) is 5.13. The number of ether oxygens (including phenoxy) is 2. The van der Waals surface area contributed by atoms with Gasteiger partial charge in [-0.25, -0.2) is 4.79 Å². The molecular weight excluding hydrogens is 306 g/mol. The van der Waals surface area contributed by atoms with Gasteiger partial charge in [-0.15, -0.1) is 0 Å². The summed E-state index contributed by atoms with van der Waals surface area (Å²) >= 11 is 0. The van der Waals surface area contributed by atoms with E-state index in [9.17, 15) is 10.1 Å². The summed E-state index contributed by atoms with van der Waals surface area (Å²) in [5.41, 5.74) is 3.23. The number of hydrogen-bond acceptors (Lipinski definition) is 4. The van der Waals surface area contributed by atoms with Gasteiger partial charge in [0.1, 0.15) is 0 Å². The van der Waals surface area contributed by atoms with Crippen LogP contribution in [0.2, 0.25) is 0 Å². The van der Waals surface area contributed by atoms with Gasteiger partial charge in [-0.1, -0.05) is 35.9 Å². The van der Waals surface area contributed by atoms with Crippen molar-refractivity contribution in [3.63, 3.8) is 0 Å². The lowest BCUT2D eigenvalue weighted by atomic mass is 10.0. The molecule has 0 saturated heterocycles. The van der Waals surface area contributed by atoms with Gasteiger partial charge in [0.15, 0.2) is 18.1 Å². The molecule has 0 radical (unpaired) electrons. The Balaban J connectivity index is 2.32. The number of hydrogen-bond donors (Lipinski definition) is 1. The summed E-state index contributed by atoms with van der Waals surface area (Å²) in [7, 11) is 1.47. The molecule has 0 heterocycles. The first-order valence-electron chi connectivity index (χ1n) is 7.25. The number of carbonyl (C=O) groups is 1. The van der Waals surface area contributed by atoms with Gasteiger partial charge in [-0.2, -0.15) is 5.26 Å². The lowest BCUT2D eigenvalue weighted by Crippen LogP contribution is -2.10. The Labute approximate surface area is 140 Å². The second-order valence-electron chi connectivity index (χ2n) is 5.13. The second kappa shape index (κ2) is 7.84. The molecule has 0 fully saturated rings. The van der Waals surface area contributed by atoms with Crippen molar-refractivity contribution in [3.8, 4) is 17.6 Å². The van der Waals surface area contributed by atoms with Crippen LogP contribution in [-0.2, 0) is 4.79 Å². The fourth-order valence-corrected chi connectivity index (χ4v) is 2.11. The zero-order chi connectivity index (χ0) is 17.5. The van der Waals surface area contributed by atoms with Gasteiger partial charge in [0.05, 0.1) is 18.8 Å². The molecule has 1 N–H and O–H groups in total. The normalized spacial score (nSPS) is 10.8. The lowest BCUT2D eigenvalue weighted by molar-refractivity contribution is -0.139. The zero-order valence-electron chi connectivity index (χ0n) is 13.4. The number of aliphatic carboxylic acids is 1. The topological polar surface area (TPSA) is 79.5 Å². The number of nitrogens with zero attached hydrogens (tertiary/aromatic N) is 1. The molecule has 0 unspecified atom stereocenters. The minimum atomic E-state index is -1.06. The molecule has 0 bridgehead atoms. The molecule has 0 aliphatic heterocycles. The smallest absolute Gasteiger partial charge is 0.341 e. The molecule has 0 spiro atoms. The van der Waals surface area contributed by atoms with E-state index >= 15 is 0 Å². The SMILES string of the molecule is COc1cc(/C=C(/C#N)c2ccc(C)cc2)ccc1OCC(=O)O. The van der Waals surface area contributed by atoms with Crippen molar-refractivity contribution in [3.05, 3.63) is 59.2 Å². The van der Waals surface area contributed by atoms with E-state index in [2.05, 4.69) is 6.07 Å². The van der Waals surface area contributed by atoms with Gasteiger partial charge >= 0.3 is 5.97 Å². The molecule has 122 valence electrons. The van der Waals surface area contributed by atoms with Gasteiger partial charge in [-0.3, -0.25) is 0 Å². The predicted molar refractivity (Wildman–Crippen MR) is 90.8 cm³/mol. The van der Waals surface area contributed by atoms with E-state index in [0.717, 1.165) is 16.7 Å². The summed E-state index contributed by atoms with van der Waals surface area (Å²) in [6.45, 7) is 1.54. The Bertz CT molecular complexity index is 801. The first-order chi connectivity index (χ1) is 11.5. The number of carboxylic acid groups (broad SMARTS) is 1. The third kappa shape index (κ3) is 4.37. The summed E-state index contributed by atoms with van der Waals surface area (Å²) in [5.74, 6) is -0.316. The van der Waals surface area contributed by atoms with Gasteiger partial charge < -0.3 is 14.6 Å². The maximum absolute atomic E-state index is 10.6. The minimum Gasteiger partial charge on any atom is -0.493 e. The third-order valence-electron chi connectivity index (χ3n) is 3.33. The molecule has 24 heavy (non-hydrogen) atoms. The maximum Gasteiger partial charge on any atom is 0.341 e. The van der Waals surface area contributed by atoms with Crippen LogP contribution in [-0.4, -0.2) is 24.8 Å². The highest BCUT2D eigenvalue weighted by atomic mass is 16.5. The Morgan fingerprint density at radius 2 is 1.92 bits per heavy atom. The van der Waals surface area contributed by atoms with Crippen molar-refractivity contribution in [1.82, 2.24) is 0 Å². The van der Waals surface area contributed by atoms with Crippen LogP contribution in [0.5, 0.6) is 11.5 Å². The molecule has 2 aromatic carbocycles. The number of nitriles is 1. The van der Waals surface area contributed by atoms with Crippen molar-refractivity contribution in [2.45, 2.75) is 6.92 Å². The van der Waals surface area contributed by atoms with Crippen LogP contribution in [0, 0.1) is 18.3 Å². The van der Waals surface area contributed by atoms with E-state index in [1.807, 2.05) is 31.2 Å². The van der Waals surface area contributed by atoms with Crippen molar-refractivity contribution in [2.75, 3.05) is 13.7 Å². The number of aryl methyl sites for hydroxylation is 1. The minimum absolute atomic E-state index is 0.339. The van der Waals surface area contributed by atoms with E-state index in [1.165, 1.54) is 7.11 Å². The molecule has 0 saturated carbocycles. The number of benzene rings is 2.